The normalized spacial score (nSPS) is 11.2. The molecule has 16 heavy (non-hydrogen) atoms. The van der Waals surface area contributed by atoms with Gasteiger partial charge in [-0.25, -0.2) is 4.79 Å². The summed E-state index contributed by atoms with van der Waals surface area (Å²) in [5.41, 5.74) is 3.99. The molecular formula is C10H20N2O4. The Morgan fingerprint density at radius 1 is 1.44 bits per heavy atom. The van der Waals surface area contributed by atoms with Crippen LogP contribution in [-0.2, 0) is 14.3 Å². The van der Waals surface area contributed by atoms with Crippen LogP contribution in [0, 0.1) is 0 Å². The van der Waals surface area contributed by atoms with Gasteiger partial charge in [0.05, 0.1) is 6.61 Å². The number of nitrogens with two attached hydrogens (primary N) is 1. The zero-order valence-corrected chi connectivity index (χ0v) is 10.0. The number of ether oxygens (including phenoxy) is 1. The minimum atomic E-state index is -1.22. The van der Waals surface area contributed by atoms with Crippen LogP contribution in [0.5, 0.6) is 0 Å². The number of hydrogen-bond donors (Lipinski definition) is 2. The number of carbonyl (C=O) groups is 2. The van der Waals surface area contributed by atoms with Gasteiger partial charge in [-0.15, -0.1) is 0 Å². The Hall–Kier alpha value is -1.14. The Balaban J connectivity index is 4.48. The van der Waals surface area contributed by atoms with Crippen molar-refractivity contribution < 1.29 is 19.4 Å². The molecule has 0 spiro atoms. The van der Waals surface area contributed by atoms with Gasteiger partial charge in [0.2, 0.25) is 5.91 Å². The molecule has 94 valence electrons. The molecule has 1 amide bonds. The van der Waals surface area contributed by atoms with Gasteiger partial charge in [0.1, 0.15) is 12.1 Å². The van der Waals surface area contributed by atoms with Crippen LogP contribution in [0.2, 0.25) is 0 Å². The molecular weight excluding hydrogens is 212 g/mol. The summed E-state index contributed by atoms with van der Waals surface area (Å²) in [5, 5.41) is 9.01. The highest BCUT2D eigenvalue weighted by atomic mass is 16.5. The Morgan fingerprint density at radius 2 is 2.00 bits per heavy atom. The molecule has 0 atom stereocenters. The quantitative estimate of drug-likeness (QED) is 0.586. The van der Waals surface area contributed by atoms with Crippen molar-refractivity contribution in [1.29, 1.82) is 0 Å². The third-order valence-corrected chi connectivity index (χ3v) is 2.30. The summed E-state index contributed by atoms with van der Waals surface area (Å²) in [7, 11) is 0. The van der Waals surface area contributed by atoms with Gasteiger partial charge >= 0.3 is 5.97 Å². The van der Waals surface area contributed by atoms with Gasteiger partial charge in [-0.3, -0.25) is 4.79 Å². The Kier molecular flexibility index (Phi) is 5.98. The smallest absolute Gasteiger partial charge is 0.329 e. The summed E-state index contributed by atoms with van der Waals surface area (Å²) < 4.78 is 4.99. The van der Waals surface area contributed by atoms with Gasteiger partial charge in [0, 0.05) is 13.1 Å². The Labute approximate surface area is 95.4 Å². The molecule has 6 heteroatoms. The molecule has 0 aliphatic carbocycles. The highest BCUT2D eigenvalue weighted by Gasteiger charge is 2.36. The van der Waals surface area contributed by atoms with Crippen molar-refractivity contribution in [2.75, 3.05) is 26.3 Å². The van der Waals surface area contributed by atoms with Crippen LogP contribution < -0.4 is 5.73 Å². The first-order chi connectivity index (χ1) is 7.37. The molecule has 0 aromatic heterocycles. The van der Waals surface area contributed by atoms with Crippen LogP contribution >= 0.6 is 0 Å². The Morgan fingerprint density at radius 3 is 2.38 bits per heavy atom. The predicted octanol–water partition coefficient (Wildman–Crippen LogP) is -0.327. The lowest BCUT2D eigenvalue weighted by Crippen LogP contribution is -2.54. The number of aliphatic carboxylic acids is 1. The molecule has 0 fully saturated rings. The Bertz CT molecular complexity index is 253. The van der Waals surface area contributed by atoms with Crippen molar-refractivity contribution in [3.8, 4) is 0 Å². The molecule has 6 nitrogen and oxygen atoms in total. The second kappa shape index (κ2) is 6.44. The first-order valence-corrected chi connectivity index (χ1v) is 5.19. The predicted molar refractivity (Wildman–Crippen MR) is 59.0 cm³/mol. The van der Waals surface area contributed by atoms with Gasteiger partial charge in [-0.05, 0) is 20.8 Å². The van der Waals surface area contributed by atoms with E-state index in [9.17, 15) is 9.59 Å². The van der Waals surface area contributed by atoms with Crippen LogP contribution in [0.25, 0.3) is 0 Å². The largest absolute Gasteiger partial charge is 0.480 e. The van der Waals surface area contributed by atoms with Crippen LogP contribution in [0.3, 0.4) is 0 Å². The zero-order valence-electron chi connectivity index (χ0n) is 10.0. The standard InChI is InChI=1S/C10H20N2O4/c1-4-12(10(2,3)9(14)15)8(13)7-16-6-5-11/h4-7,11H2,1-3H3,(H,14,15). The first kappa shape index (κ1) is 14.9. The lowest BCUT2D eigenvalue weighted by molar-refractivity contribution is -0.158. The van der Waals surface area contributed by atoms with Crippen LogP contribution in [0.4, 0.5) is 0 Å². The second-order valence-corrected chi connectivity index (χ2v) is 3.84. The summed E-state index contributed by atoms with van der Waals surface area (Å²) >= 11 is 0. The average molecular weight is 232 g/mol. The summed E-state index contributed by atoms with van der Waals surface area (Å²) in [6, 6.07) is 0. The summed E-state index contributed by atoms with van der Waals surface area (Å²) in [6.07, 6.45) is 0. The molecule has 0 heterocycles. The van der Waals surface area contributed by atoms with E-state index in [4.69, 9.17) is 15.6 Å². The maximum atomic E-state index is 11.7. The molecule has 0 aromatic rings. The van der Waals surface area contributed by atoms with Crippen LogP contribution in [0.15, 0.2) is 0 Å². The van der Waals surface area contributed by atoms with Crippen molar-refractivity contribution in [2.24, 2.45) is 5.73 Å². The molecule has 0 rings (SSSR count). The highest BCUT2D eigenvalue weighted by Crippen LogP contribution is 2.14. The van der Waals surface area contributed by atoms with Gasteiger partial charge in [-0.2, -0.15) is 0 Å². The van der Waals surface area contributed by atoms with Crippen molar-refractivity contribution in [3.05, 3.63) is 0 Å². The van der Waals surface area contributed by atoms with Crippen molar-refractivity contribution in [2.45, 2.75) is 26.3 Å². The number of carboxylic acids is 1. The van der Waals surface area contributed by atoms with E-state index in [1.165, 1.54) is 18.7 Å². The molecule has 0 aliphatic rings. The van der Waals surface area contributed by atoms with Crippen LogP contribution in [-0.4, -0.2) is 53.7 Å². The average Bonchev–Trinajstić information content (AvgIpc) is 2.18. The molecule has 3 N–H and O–H groups in total. The number of likely N-dealkylation sites (N-methyl/N-ethyl adjacent to an activating group) is 1. The SMILES string of the molecule is CCN(C(=O)COCCN)C(C)(C)C(=O)O. The lowest BCUT2D eigenvalue weighted by atomic mass is 10.0. The highest BCUT2D eigenvalue weighted by molar-refractivity contribution is 5.86. The molecule has 0 radical (unpaired) electrons. The number of rotatable bonds is 7. The fraction of sp³-hybridized carbons (Fsp3) is 0.800. The van der Waals surface area contributed by atoms with E-state index < -0.39 is 11.5 Å². The minimum Gasteiger partial charge on any atom is -0.480 e. The van der Waals surface area contributed by atoms with Crippen molar-refractivity contribution in [3.63, 3.8) is 0 Å². The van der Waals surface area contributed by atoms with E-state index in [1.54, 1.807) is 6.92 Å². The molecule has 0 saturated carbocycles. The van der Waals surface area contributed by atoms with E-state index in [2.05, 4.69) is 0 Å². The fourth-order valence-electron chi connectivity index (χ4n) is 1.32. The topological polar surface area (TPSA) is 92.9 Å². The third kappa shape index (κ3) is 3.79. The summed E-state index contributed by atoms with van der Waals surface area (Å²) in [5.74, 6) is -1.38. The van der Waals surface area contributed by atoms with Crippen molar-refractivity contribution in [1.82, 2.24) is 4.90 Å². The monoisotopic (exact) mass is 232 g/mol. The van der Waals surface area contributed by atoms with E-state index in [0.717, 1.165) is 0 Å². The maximum Gasteiger partial charge on any atom is 0.329 e. The van der Waals surface area contributed by atoms with E-state index in [1.807, 2.05) is 0 Å². The lowest BCUT2D eigenvalue weighted by Gasteiger charge is -2.34. The second-order valence-electron chi connectivity index (χ2n) is 3.84. The summed E-state index contributed by atoms with van der Waals surface area (Å²) in [4.78, 5) is 24.0. The molecule has 0 saturated heterocycles. The van der Waals surface area contributed by atoms with Gasteiger partial charge < -0.3 is 20.5 Å². The number of carbonyl (C=O) groups excluding carboxylic acids is 1. The zero-order chi connectivity index (χ0) is 12.8. The number of nitrogens with zero attached hydrogens (tertiary/aromatic N) is 1. The number of amides is 1. The van der Waals surface area contributed by atoms with E-state index in [0.29, 0.717) is 13.1 Å². The van der Waals surface area contributed by atoms with Gasteiger partial charge in [-0.1, -0.05) is 0 Å². The fourth-order valence-corrected chi connectivity index (χ4v) is 1.32. The van der Waals surface area contributed by atoms with E-state index in [-0.39, 0.29) is 19.1 Å². The van der Waals surface area contributed by atoms with E-state index >= 15 is 0 Å². The first-order valence-electron chi connectivity index (χ1n) is 5.19. The van der Waals surface area contributed by atoms with Gasteiger partial charge in [0.25, 0.3) is 0 Å². The van der Waals surface area contributed by atoms with Crippen LogP contribution in [0.1, 0.15) is 20.8 Å². The summed E-state index contributed by atoms with van der Waals surface area (Å²) in [6.45, 7) is 5.51. The molecule has 0 aromatic carbocycles. The van der Waals surface area contributed by atoms with Crippen molar-refractivity contribution >= 4 is 11.9 Å². The number of hydrogen-bond acceptors (Lipinski definition) is 4. The number of carboxylic acid groups (broad SMARTS) is 1. The molecule has 0 unspecified atom stereocenters. The molecule has 0 aliphatic heterocycles. The third-order valence-electron chi connectivity index (χ3n) is 2.30. The van der Waals surface area contributed by atoms with Gasteiger partial charge in [0.15, 0.2) is 0 Å². The molecule has 0 bridgehead atoms. The maximum absolute atomic E-state index is 11.7. The minimum absolute atomic E-state index is 0.137.